The molecule has 0 bridgehead atoms. The molecular weight excluding hydrogens is 268 g/mol. The molecular formula is C16H20N2O3. The summed E-state index contributed by atoms with van der Waals surface area (Å²) in [7, 11) is 0. The molecule has 1 unspecified atom stereocenters. The maximum atomic E-state index is 12.6. The second-order valence-corrected chi connectivity index (χ2v) is 5.59. The third-order valence-corrected chi connectivity index (χ3v) is 4.04. The Labute approximate surface area is 124 Å². The standard InChI is InChI=1S/C16H20N2O3/c19-15-7-3-5-13(17-15)10-16(20)18-8-9-21-11-12-4-1-2-6-14(12)18/h1-2,4,6,13H,3,5,7-11H2,(H,17,19). The molecule has 0 saturated carbocycles. The molecule has 0 aliphatic carbocycles. The number of amides is 2. The van der Waals surface area contributed by atoms with Crippen molar-refractivity contribution in [1.29, 1.82) is 0 Å². The number of fused-ring (bicyclic) bond motifs is 1. The van der Waals surface area contributed by atoms with Crippen molar-refractivity contribution in [3.63, 3.8) is 0 Å². The van der Waals surface area contributed by atoms with E-state index < -0.39 is 0 Å². The van der Waals surface area contributed by atoms with Crippen LogP contribution >= 0.6 is 0 Å². The number of rotatable bonds is 2. The van der Waals surface area contributed by atoms with Gasteiger partial charge in [-0.3, -0.25) is 9.59 Å². The van der Waals surface area contributed by atoms with E-state index in [1.54, 1.807) is 4.90 Å². The summed E-state index contributed by atoms with van der Waals surface area (Å²) in [5.74, 6) is 0.110. The number of nitrogens with one attached hydrogen (secondary N) is 1. The molecule has 5 heteroatoms. The molecule has 2 heterocycles. The molecule has 112 valence electrons. The quantitative estimate of drug-likeness (QED) is 0.899. The summed E-state index contributed by atoms with van der Waals surface area (Å²) in [4.78, 5) is 25.8. The Bertz CT molecular complexity index is 544. The first kappa shape index (κ1) is 14.1. The molecule has 3 rings (SSSR count). The number of carbonyl (C=O) groups is 2. The number of nitrogens with zero attached hydrogens (tertiary/aromatic N) is 1. The van der Waals surface area contributed by atoms with E-state index in [0.29, 0.717) is 32.6 Å². The molecule has 0 aromatic heterocycles. The second kappa shape index (κ2) is 6.26. The highest BCUT2D eigenvalue weighted by atomic mass is 16.5. The van der Waals surface area contributed by atoms with Crippen LogP contribution in [0, 0.1) is 0 Å². The third-order valence-electron chi connectivity index (χ3n) is 4.04. The molecule has 1 aromatic rings. The van der Waals surface area contributed by atoms with Gasteiger partial charge < -0.3 is 15.0 Å². The maximum absolute atomic E-state index is 12.6. The molecule has 0 spiro atoms. The van der Waals surface area contributed by atoms with Crippen molar-refractivity contribution in [2.24, 2.45) is 0 Å². The second-order valence-electron chi connectivity index (χ2n) is 5.59. The van der Waals surface area contributed by atoms with Gasteiger partial charge in [-0.05, 0) is 18.9 Å². The molecule has 2 aliphatic heterocycles. The highest BCUT2D eigenvalue weighted by Crippen LogP contribution is 2.25. The van der Waals surface area contributed by atoms with E-state index in [0.717, 1.165) is 24.1 Å². The summed E-state index contributed by atoms with van der Waals surface area (Å²) in [5.41, 5.74) is 1.97. The van der Waals surface area contributed by atoms with Crippen molar-refractivity contribution < 1.29 is 14.3 Å². The van der Waals surface area contributed by atoms with Gasteiger partial charge in [0.05, 0.1) is 13.2 Å². The predicted molar refractivity (Wildman–Crippen MR) is 78.8 cm³/mol. The van der Waals surface area contributed by atoms with Gasteiger partial charge in [0.1, 0.15) is 0 Å². The van der Waals surface area contributed by atoms with Gasteiger partial charge in [0.2, 0.25) is 11.8 Å². The normalized spacial score (nSPS) is 22.2. The van der Waals surface area contributed by atoms with E-state index in [1.165, 1.54) is 0 Å². The van der Waals surface area contributed by atoms with Gasteiger partial charge in [-0.2, -0.15) is 0 Å². The van der Waals surface area contributed by atoms with Crippen molar-refractivity contribution in [2.45, 2.75) is 38.3 Å². The lowest BCUT2D eigenvalue weighted by molar-refractivity contribution is -0.124. The molecule has 5 nitrogen and oxygen atoms in total. The molecule has 1 aromatic carbocycles. The van der Waals surface area contributed by atoms with Crippen LogP contribution in [0.2, 0.25) is 0 Å². The molecule has 2 aliphatic rings. The van der Waals surface area contributed by atoms with Crippen LogP contribution in [-0.4, -0.2) is 31.0 Å². The SMILES string of the molecule is O=C1CCCC(CC(=O)N2CCOCc3ccccc32)N1. The number of piperidine rings is 1. The average Bonchev–Trinajstić information content (AvgIpc) is 2.69. The number of ether oxygens (including phenoxy) is 1. The Morgan fingerprint density at radius 3 is 3.10 bits per heavy atom. The number of hydrogen-bond acceptors (Lipinski definition) is 3. The van der Waals surface area contributed by atoms with Gasteiger partial charge in [0, 0.05) is 36.7 Å². The van der Waals surface area contributed by atoms with Crippen LogP contribution in [0.25, 0.3) is 0 Å². The molecule has 21 heavy (non-hydrogen) atoms. The summed E-state index contributed by atoms with van der Waals surface area (Å²) < 4.78 is 5.54. The van der Waals surface area contributed by atoms with Crippen molar-refractivity contribution in [1.82, 2.24) is 5.32 Å². The lowest BCUT2D eigenvalue weighted by atomic mass is 10.0. The Balaban J connectivity index is 1.73. The summed E-state index contributed by atoms with van der Waals surface area (Å²) in [6.07, 6.45) is 2.68. The zero-order chi connectivity index (χ0) is 14.7. The molecule has 2 amide bonds. The number of benzene rings is 1. The summed E-state index contributed by atoms with van der Waals surface area (Å²) >= 11 is 0. The van der Waals surface area contributed by atoms with Gasteiger partial charge in [0.15, 0.2) is 0 Å². The summed E-state index contributed by atoms with van der Waals surface area (Å²) in [6, 6.07) is 7.81. The summed E-state index contributed by atoms with van der Waals surface area (Å²) in [5, 5.41) is 2.91. The fourth-order valence-corrected chi connectivity index (χ4v) is 2.97. The van der Waals surface area contributed by atoms with Gasteiger partial charge in [-0.1, -0.05) is 18.2 Å². The zero-order valence-electron chi connectivity index (χ0n) is 12.0. The maximum Gasteiger partial charge on any atom is 0.229 e. The minimum absolute atomic E-state index is 0.0323. The van der Waals surface area contributed by atoms with E-state index >= 15 is 0 Å². The molecule has 1 fully saturated rings. The van der Waals surface area contributed by atoms with Gasteiger partial charge in [-0.15, -0.1) is 0 Å². The van der Waals surface area contributed by atoms with Crippen LogP contribution in [-0.2, 0) is 20.9 Å². The van der Waals surface area contributed by atoms with Gasteiger partial charge in [-0.25, -0.2) is 0 Å². The Morgan fingerprint density at radius 1 is 1.38 bits per heavy atom. The largest absolute Gasteiger partial charge is 0.375 e. The van der Waals surface area contributed by atoms with Crippen LogP contribution in [0.3, 0.4) is 0 Å². The zero-order valence-corrected chi connectivity index (χ0v) is 12.0. The topological polar surface area (TPSA) is 58.6 Å². The fraction of sp³-hybridized carbons (Fsp3) is 0.500. The smallest absolute Gasteiger partial charge is 0.229 e. The van der Waals surface area contributed by atoms with E-state index in [9.17, 15) is 9.59 Å². The third kappa shape index (κ3) is 3.24. The first-order valence-electron chi connectivity index (χ1n) is 7.49. The Kier molecular flexibility index (Phi) is 4.20. The van der Waals surface area contributed by atoms with E-state index in [2.05, 4.69) is 5.32 Å². The highest BCUT2D eigenvalue weighted by Gasteiger charge is 2.26. The predicted octanol–water partition coefficient (Wildman–Crippen LogP) is 1.61. The van der Waals surface area contributed by atoms with Crippen LogP contribution in [0.5, 0.6) is 0 Å². The fourth-order valence-electron chi connectivity index (χ4n) is 2.97. The van der Waals surface area contributed by atoms with Crippen molar-refractivity contribution in [3.8, 4) is 0 Å². The number of carbonyl (C=O) groups excluding carboxylic acids is 2. The van der Waals surface area contributed by atoms with Crippen LogP contribution in [0.15, 0.2) is 24.3 Å². The molecule has 0 radical (unpaired) electrons. The van der Waals surface area contributed by atoms with Crippen molar-refractivity contribution in [2.75, 3.05) is 18.1 Å². The Hall–Kier alpha value is -1.88. The van der Waals surface area contributed by atoms with Gasteiger partial charge in [0.25, 0.3) is 0 Å². The molecule has 1 atom stereocenters. The van der Waals surface area contributed by atoms with E-state index in [1.807, 2.05) is 24.3 Å². The molecule has 1 saturated heterocycles. The highest BCUT2D eigenvalue weighted by molar-refractivity contribution is 5.95. The first-order chi connectivity index (χ1) is 10.2. The van der Waals surface area contributed by atoms with Gasteiger partial charge >= 0.3 is 0 Å². The van der Waals surface area contributed by atoms with Crippen molar-refractivity contribution >= 4 is 17.5 Å². The Morgan fingerprint density at radius 2 is 2.24 bits per heavy atom. The minimum Gasteiger partial charge on any atom is -0.375 e. The number of anilines is 1. The lowest BCUT2D eigenvalue weighted by Gasteiger charge is -2.27. The average molecular weight is 288 g/mol. The monoisotopic (exact) mass is 288 g/mol. The summed E-state index contributed by atoms with van der Waals surface area (Å²) in [6.45, 7) is 1.65. The minimum atomic E-state index is -0.0323. The van der Waals surface area contributed by atoms with E-state index in [4.69, 9.17) is 4.74 Å². The van der Waals surface area contributed by atoms with Crippen LogP contribution in [0.4, 0.5) is 5.69 Å². The number of para-hydroxylation sites is 1. The van der Waals surface area contributed by atoms with Crippen LogP contribution in [0.1, 0.15) is 31.2 Å². The van der Waals surface area contributed by atoms with Crippen LogP contribution < -0.4 is 10.2 Å². The number of hydrogen-bond donors (Lipinski definition) is 1. The first-order valence-corrected chi connectivity index (χ1v) is 7.49. The molecule has 1 N–H and O–H groups in total. The lowest BCUT2D eigenvalue weighted by Crippen LogP contribution is -2.43. The van der Waals surface area contributed by atoms with E-state index in [-0.39, 0.29) is 17.9 Å². The van der Waals surface area contributed by atoms with Crippen molar-refractivity contribution in [3.05, 3.63) is 29.8 Å².